The van der Waals surface area contributed by atoms with Gasteiger partial charge in [0.15, 0.2) is 0 Å². The Bertz CT molecular complexity index is 643. The van der Waals surface area contributed by atoms with E-state index in [0.717, 1.165) is 13.0 Å². The summed E-state index contributed by atoms with van der Waals surface area (Å²) < 4.78 is 0. The Balaban J connectivity index is 1.61. The molecule has 3 nitrogen and oxygen atoms in total. The van der Waals surface area contributed by atoms with Crippen LogP contribution in [0.3, 0.4) is 0 Å². The third-order valence-corrected chi connectivity index (χ3v) is 7.06. The number of carbonyl (C=O) groups excluding carboxylic acids is 1. The van der Waals surface area contributed by atoms with Crippen LogP contribution in [0.4, 0.5) is 0 Å². The van der Waals surface area contributed by atoms with Crippen molar-refractivity contribution in [2.75, 3.05) is 19.6 Å². The minimum absolute atomic E-state index is 0.124. The summed E-state index contributed by atoms with van der Waals surface area (Å²) in [6.07, 6.45) is 8.77. The first-order valence-electron chi connectivity index (χ1n) is 9.65. The standard InChI is InChI=1S/C20H26Cl2N2O/c21-16-9-8-15(13-17(16)22)20(25)24-12-4-6-14-5-3-7-18(19(14)24)23-10-1-2-11-23/h8-9,13-14,18-19H,1-7,10-12H2/t14-,18+,19+/m0/s1. The SMILES string of the molecule is O=C(c1ccc(Cl)c(Cl)c1)N1CCC[C@@H]2CCC[C@@H](N3CCCC3)[C@@H]21. The van der Waals surface area contributed by atoms with Crippen molar-refractivity contribution >= 4 is 29.1 Å². The summed E-state index contributed by atoms with van der Waals surface area (Å²) in [5, 5.41) is 0.961. The van der Waals surface area contributed by atoms with Gasteiger partial charge in [0.05, 0.1) is 16.1 Å². The largest absolute Gasteiger partial charge is 0.334 e. The molecule has 25 heavy (non-hydrogen) atoms. The van der Waals surface area contributed by atoms with Gasteiger partial charge >= 0.3 is 0 Å². The molecule has 3 atom stereocenters. The molecular formula is C20H26Cl2N2O. The van der Waals surface area contributed by atoms with Crippen molar-refractivity contribution < 1.29 is 4.79 Å². The molecular weight excluding hydrogens is 355 g/mol. The highest BCUT2D eigenvalue weighted by atomic mass is 35.5. The zero-order valence-corrected chi connectivity index (χ0v) is 16.1. The maximum Gasteiger partial charge on any atom is 0.254 e. The third kappa shape index (κ3) is 3.43. The second-order valence-electron chi connectivity index (χ2n) is 7.76. The van der Waals surface area contributed by atoms with E-state index in [4.69, 9.17) is 23.2 Å². The molecule has 0 aromatic heterocycles. The van der Waals surface area contributed by atoms with Gasteiger partial charge in [-0.05, 0) is 75.7 Å². The summed E-state index contributed by atoms with van der Waals surface area (Å²) in [7, 11) is 0. The van der Waals surface area contributed by atoms with Crippen LogP contribution >= 0.6 is 23.2 Å². The molecule has 0 unspecified atom stereocenters. The molecule has 0 spiro atoms. The average molecular weight is 381 g/mol. The highest BCUT2D eigenvalue weighted by Gasteiger charge is 2.44. The van der Waals surface area contributed by atoms with E-state index in [2.05, 4.69) is 9.80 Å². The van der Waals surface area contributed by atoms with E-state index in [1.165, 1.54) is 51.6 Å². The lowest BCUT2D eigenvalue weighted by Crippen LogP contribution is -2.60. The molecule has 2 aliphatic heterocycles. The van der Waals surface area contributed by atoms with Crippen LogP contribution < -0.4 is 0 Å². The van der Waals surface area contributed by atoms with Crippen molar-refractivity contribution in [1.29, 1.82) is 0 Å². The Morgan fingerprint density at radius 1 is 0.920 bits per heavy atom. The molecule has 2 saturated heterocycles. The number of carbonyl (C=O) groups is 1. The lowest BCUT2D eigenvalue weighted by atomic mass is 9.74. The molecule has 136 valence electrons. The molecule has 1 amide bonds. The van der Waals surface area contributed by atoms with Gasteiger partial charge < -0.3 is 4.90 Å². The summed E-state index contributed by atoms with van der Waals surface area (Å²) in [4.78, 5) is 18.1. The molecule has 1 aromatic rings. The molecule has 1 aliphatic carbocycles. The maximum absolute atomic E-state index is 13.3. The van der Waals surface area contributed by atoms with Crippen LogP contribution in [0, 0.1) is 5.92 Å². The molecule has 4 rings (SSSR count). The molecule has 1 saturated carbocycles. The van der Waals surface area contributed by atoms with Crippen molar-refractivity contribution in [1.82, 2.24) is 9.80 Å². The number of hydrogen-bond acceptors (Lipinski definition) is 2. The number of rotatable bonds is 2. The van der Waals surface area contributed by atoms with Crippen molar-refractivity contribution in [3.63, 3.8) is 0 Å². The smallest absolute Gasteiger partial charge is 0.254 e. The lowest BCUT2D eigenvalue weighted by molar-refractivity contribution is 0.000239. The third-order valence-electron chi connectivity index (χ3n) is 6.32. The quantitative estimate of drug-likeness (QED) is 0.730. The molecule has 0 bridgehead atoms. The Kier molecular flexibility index (Phi) is 5.26. The van der Waals surface area contributed by atoms with E-state index in [9.17, 15) is 4.79 Å². The monoisotopic (exact) mass is 380 g/mol. The zero-order chi connectivity index (χ0) is 17.4. The Morgan fingerprint density at radius 3 is 2.44 bits per heavy atom. The number of halogens is 2. The van der Waals surface area contributed by atoms with Gasteiger partial charge in [-0.2, -0.15) is 0 Å². The predicted octanol–water partition coefficient (Wildman–Crippen LogP) is 4.86. The number of hydrogen-bond donors (Lipinski definition) is 0. The summed E-state index contributed by atoms with van der Waals surface area (Å²) in [6.45, 7) is 3.26. The molecule has 1 aromatic carbocycles. The fraction of sp³-hybridized carbons (Fsp3) is 0.650. The van der Waals surface area contributed by atoms with Crippen LogP contribution in [0.15, 0.2) is 18.2 Å². The normalized spacial score (nSPS) is 30.3. The number of piperidine rings is 1. The molecule has 5 heteroatoms. The van der Waals surface area contributed by atoms with Gasteiger partial charge in [0.2, 0.25) is 0 Å². The van der Waals surface area contributed by atoms with Crippen LogP contribution in [0.5, 0.6) is 0 Å². The van der Waals surface area contributed by atoms with Crippen molar-refractivity contribution in [2.45, 2.75) is 57.0 Å². The fourth-order valence-electron chi connectivity index (χ4n) is 5.20. The maximum atomic E-state index is 13.3. The van der Waals surface area contributed by atoms with Crippen LogP contribution in [0.25, 0.3) is 0 Å². The van der Waals surface area contributed by atoms with Crippen LogP contribution in [0.1, 0.15) is 55.3 Å². The Morgan fingerprint density at radius 2 is 1.68 bits per heavy atom. The van der Waals surface area contributed by atoms with E-state index in [-0.39, 0.29) is 5.91 Å². The highest BCUT2D eigenvalue weighted by molar-refractivity contribution is 6.42. The summed E-state index contributed by atoms with van der Waals surface area (Å²) >= 11 is 12.2. The van der Waals surface area contributed by atoms with Gasteiger partial charge in [0, 0.05) is 18.2 Å². The van der Waals surface area contributed by atoms with Gasteiger partial charge in [0.1, 0.15) is 0 Å². The van der Waals surface area contributed by atoms with E-state index < -0.39 is 0 Å². The van der Waals surface area contributed by atoms with Crippen LogP contribution in [-0.2, 0) is 0 Å². The van der Waals surface area contributed by atoms with E-state index in [1.54, 1.807) is 12.1 Å². The lowest BCUT2D eigenvalue weighted by Gasteiger charge is -2.50. The van der Waals surface area contributed by atoms with Crippen molar-refractivity contribution in [2.24, 2.45) is 5.92 Å². The summed E-state index contributed by atoms with van der Waals surface area (Å²) in [5.74, 6) is 0.777. The first-order valence-corrected chi connectivity index (χ1v) is 10.4. The Labute approximate surface area is 160 Å². The minimum Gasteiger partial charge on any atom is -0.334 e. The highest BCUT2D eigenvalue weighted by Crippen LogP contribution is 2.39. The molecule has 0 N–H and O–H groups in total. The predicted molar refractivity (Wildman–Crippen MR) is 102 cm³/mol. The summed E-state index contributed by atoms with van der Waals surface area (Å²) in [6, 6.07) is 6.17. The fourth-order valence-corrected chi connectivity index (χ4v) is 5.50. The molecule has 3 fully saturated rings. The van der Waals surface area contributed by atoms with Crippen molar-refractivity contribution in [3.05, 3.63) is 33.8 Å². The second-order valence-corrected chi connectivity index (χ2v) is 8.58. The Hall–Kier alpha value is -0.770. The topological polar surface area (TPSA) is 23.6 Å². The zero-order valence-electron chi connectivity index (χ0n) is 14.6. The molecule has 0 radical (unpaired) electrons. The van der Waals surface area contributed by atoms with Crippen molar-refractivity contribution in [3.8, 4) is 0 Å². The number of likely N-dealkylation sites (tertiary alicyclic amines) is 2. The second kappa shape index (κ2) is 7.46. The van der Waals surface area contributed by atoms with Gasteiger partial charge in [-0.1, -0.05) is 29.6 Å². The van der Waals surface area contributed by atoms with Gasteiger partial charge in [-0.25, -0.2) is 0 Å². The van der Waals surface area contributed by atoms with E-state index in [0.29, 0.717) is 33.6 Å². The average Bonchev–Trinajstić information content (AvgIpc) is 3.17. The van der Waals surface area contributed by atoms with E-state index >= 15 is 0 Å². The van der Waals surface area contributed by atoms with E-state index in [1.807, 2.05) is 6.07 Å². The van der Waals surface area contributed by atoms with Gasteiger partial charge in [-0.3, -0.25) is 9.69 Å². The number of fused-ring (bicyclic) bond motifs is 1. The summed E-state index contributed by atoms with van der Waals surface area (Å²) in [5.41, 5.74) is 0.667. The first-order chi connectivity index (χ1) is 12.1. The number of nitrogens with zero attached hydrogens (tertiary/aromatic N) is 2. The minimum atomic E-state index is 0.124. The van der Waals surface area contributed by atoms with Crippen LogP contribution in [0.2, 0.25) is 10.0 Å². The molecule has 2 heterocycles. The number of amides is 1. The first kappa shape index (κ1) is 17.6. The van der Waals surface area contributed by atoms with Gasteiger partial charge in [0.25, 0.3) is 5.91 Å². The number of benzene rings is 1. The van der Waals surface area contributed by atoms with Gasteiger partial charge in [-0.15, -0.1) is 0 Å². The molecule has 3 aliphatic rings. The van der Waals surface area contributed by atoms with Crippen LogP contribution in [-0.4, -0.2) is 47.4 Å².